The second kappa shape index (κ2) is 9.57. The fraction of sp³-hybridized carbons (Fsp3) is 0.536. The third-order valence-corrected chi connectivity index (χ3v) is 6.81. The number of hydrogen-bond donors (Lipinski definition) is 3. The molecule has 0 radical (unpaired) electrons. The van der Waals surface area contributed by atoms with Crippen molar-refractivity contribution in [2.45, 2.75) is 83.7 Å². The lowest BCUT2D eigenvalue weighted by atomic mass is 9.95. The van der Waals surface area contributed by atoms with Crippen molar-refractivity contribution in [3.63, 3.8) is 0 Å². The molecule has 4 rings (SSSR count). The number of ether oxygens (including phenoxy) is 3. The SMILES string of the molecule is CC(C)(C)OCCC1(C)OC1CCC(C)(C)OCN1C(=O)c2cccc(O)c2Nc2ccc(O)cc21. The summed E-state index contributed by atoms with van der Waals surface area (Å²) >= 11 is 0. The Labute approximate surface area is 213 Å². The number of phenolic OH excluding ortho intramolecular Hbond substituents is 2. The molecule has 2 aromatic carbocycles. The Morgan fingerprint density at radius 2 is 1.86 bits per heavy atom. The summed E-state index contributed by atoms with van der Waals surface area (Å²) in [4.78, 5) is 15.0. The van der Waals surface area contributed by atoms with Crippen molar-refractivity contribution in [1.29, 1.82) is 0 Å². The molecule has 0 aromatic heterocycles. The van der Waals surface area contributed by atoms with Crippen molar-refractivity contribution in [3.05, 3.63) is 42.0 Å². The van der Waals surface area contributed by atoms with Gasteiger partial charge in [-0.2, -0.15) is 0 Å². The zero-order chi connectivity index (χ0) is 26.3. The summed E-state index contributed by atoms with van der Waals surface area (Å²) in [5.41, 5.74) is 0.865. The van der Waals surface area contributed by atoms with Gasteiger partial charge in [-0.15, -0.1) is 0 Å². The van der Waals surface area contributed by atoms with Gasteiger partial charge in [0.25, 0.3) is 5.91 Å². The van der Waals surface area contributed by atoms with Crippen LogP contribution < -0.4 is 10.2 Å². The van der Waals surface area contributed by atoms with Gasteiger partial charge in [-0.1, -0.05) is 6.07 Å². The molecule has 2 atom stereocenters. The van der Waals surface area contributed by atoms with Crippen LogP contribution in [0.5, 0.6) is 11.5 Å². The molecule has 196 valence electrons. The molecular weight excluding hydrogens is 460 g/mol. The Hall–Kier alpha value is -2.81. The van der Waals surface area contributed by atoms with Crippen molar-refractivity contribution in [1.82, 2.24) is 0 Å². The van der Waals surface area contributed by atoms with Gasteiger partial charge in [0.2, 0.25) is 0 Å². The van der Waals surface area contributed by atoms with Crippen molar-refractivity contribution in [2.24, 2.45) is 0 Å². The molecule has 2 aromatic rings. The van der Waals surface area contributed by atoms with E-state index in [0.717, 1.165) is 19.3 Å². The first-order chi connectivity index (χ1) is 16.8. The van der Waals surface area contributed by atoms with Crippen LogP contribution in [0.2, 0.25) is 0 Å². The van der Waals surface area contributed by atoms with Crippen molar-refractivity contribution < 1.29 is 29.2 Å². The molecule has 1 fully saturated rings. The first kappa shape index (κ1) is 26.3. The maximum atomic E-state index is 13.5. The Kier molecular flexibility index (Phi) is 6.98. The Bertz CT molecular complexity index is 1130. The van der Waals surface area contributed by atoms with Gasteiger partial charge in [0.1, 0.15) is 18.2 Å². The third-order valence-electron chi connectivity index (χ3n) is 6.81. The topological polar surface area (TPSA) is 104 Å². The van der Waals surface area contributed by atoms with E-state index in [-0.39, 0.29) is 41.4 Å². The standard InChI is InChI=1S/C28H38N2O6/c1-26(2,3)34-15-14-28(6)23(36-28)12-13-27(4,5)35-17-30-21-16-18(31)10-11-20(21)29-24-19(25(30)33)8-7-9-22(24)32/h7-11,16,23,29,31-32H,12-15,17H2,1-6H3. The Morgan fingerprint density at radius 3 is 2.58 bits per heavy atom. The van der Waals surface area contributed by atoms with Crippen LogP contribution in [0.15, 0.2) is 36.4 Å². The van der Waals surface area contributed by atoms with Crippen LogP contribution in [-0.4, -0.2) is 52.4 Å². The fourth-order valence-corrected chi connectivity index (χ4v) is 4.44. The highest BCUT2D eigenvalue weighted by atomic mass is 16.6. The average molecular weight is 499 g/mol. The van der Waals surface area contributed by atoms with Crippen molar-refractivity contribution in [3.8, 4) is 11.5 Å². The molecule has 0 bridgehead atoms. The number of fused-ring (bicyclic) bond motifs is 2. The monoisotopic (exact) mass is 498 g/mol. The number of carbonyl (C=O) groups excluding carboxylic acids is 1. The Morgan fingerprint density at radius 1 is 1.11 bits per heavy atom. The molecule has 0 spiro atoms. The molecule has 36 heavy (non-hydrogen) atoms. The summed E-state index contributed by atoms with van der Waals surface area (Å²) in [6.07, 6.45) is 2.58. The number of hydrogen-bond acceptors (Lipinski definition) is 7. The van der Waals surface area contributed by atoms with Gasteiger partial charge in [-0.25, -0.2) is 0 Å². The highest BCUT2D eigenvalue weighted by Crippen LogP contribution is 2.44. The van der Waals surface area contributed by atoms with E-state index in [1.807, 2.05) is 34.6 Å². The summed E-state index contributed by atoms with van der Waals surface area (Å²) in [5, 5.41) is 23.6. The van der Waals surface area contributed by atoms with E-state index in [1.165, 1.54) is 23.1 Å². The van der Waals surface area contributed by atoms with Gasteiger partial charge < -0.3 is 29.7 Å². The van der Waals surface area contributed by atoms with Gasteiger partial charge in [-0.3, -0.25) is 9.69 Å². The number of para-hydroxylation sites is 1. The summed E-state index contributed by atoms with van der Waals surface area (Å²) in [6.45, 7) is 12.9. The van der Waals surface area contributed by atoms with Gasteiger partial charge in [0.15, 0.2) is 0 Å². The number of benzene rings is 2. The van der Waals surface area contributed by atoms with E-state index >= 15 is 0 Å². The van der Waals surface area contributed by atoms with E-state index in [2.05, 4.69) is 12.2 Å². The molecule has 1 amide bonds. The molecule has 2 unspecified atom stereocenters. The van der Waals surface area contributed by atoms with Crippen molar-refractivity contribution >= 4 is 23.0 Å². The quantitative estimate of drug-likeness (QED) is 0.232. The van der Waals surface area contributed by atoms with Crippen LogP contribution >= 0.6 is 0 Å². The Balaban J connectivity index is 1.41. The highest BCUT2D eigenvalue weighted by Gasteiger charge is 2.51. The van der Waals surface area contributed by atoms with Gasteiger partial charge in [-0.05, 0) is 78.6 Å². The van der Waals surface area contributed by atoms with Crippen LogP contribution in [0.4, 0.5) is 17.1 Å². The lowest BCUT2D eigenvalue weighted by Gasteiger charge is -2.30. The largest absolute Gasteiger partial charge is 0.508 e. The lowest BCUT2D eigenvalue weighted by molar-refractivity contribution is -0.0238. The molecule has 8 nitrogen and oxygen atoms in total. The van der Waals surface area contributed by atoms with E-state index in [0.29, 0.717) is 29.2 Å². The third kappa shape index (κ3) is 5.94. The first-order valence-electron chi connectivity index (χ1n) is 12.5. The minimum absolute atomic E-state index is 0.0126. The number of nitrogens with one attached hydrogen (secondary N) is 1. The van der Waals surface area contributed by atoms with E-state index in [1.54, 1.807) is 18.2 Å². The molecule has 1 saturated heterocycles. The summed E-state index contributed by atoms with van der Waals surface area (Å²) in [7, 11) is 0. The molecule has 2 aliphatic rings. The zero-order valence-electron chi connectivity index (χ0n) is 22.1. The number of nitrogens with zero attached hydrogens (tertiary/aromatic N) is 1. The predicted octanol–water partition coefficient (Wildman–Crippen LogP) is 5.70. The minimum Gasteiger partial charge on any atom is -0.508 e. The second-order valence-electron chi connectivity index (χ2n) is 11.5. The van der Waals surface area contributed by atoms with Crippen molar-refractivity contribution in [2.75, 3.05) is 23.6 Å². The normalized spacial score (nSPS) is 21.4. The summed E-state index contributed by atoms with van der Waals surface area (Å²) in [6, 6.07) is 9.53. The fourth-order valence-electron chi connectivity index (χ4n) is 4.44. The number of epoxide rings is 1. The maximum Gasteiger partial charge on any atom is 0.262 e. The van der Waals surface area contributed by atoms with Gasteiger partial charge in [0, 0.05) is 12.5 Å². The molecule has 3 N–H and O–H groups in total. The van der Waals surface area contributed by atoms with Crippen LogP contribution in [0.25, 0.3) is 0 Å². The van der Waals surface area contributed by atoms with Crippen LogP contribution in [0, 0.1) is 0 Å². The summed E-state index contributed by atoms with van der Waals surface area (Å²) < 4.78 is 18.1. The number of carbonyl (C=O) groups is 1. The maximum absolute atomic E-state index is 13.5. The van der Waals surface area contributed by atoms with E-state index in [4.69, 9.17) is 14.2 Å². The zero-order valence-corrected chi connectivity index (χ0v) is 22.1. The van der Waals surface area contributed by atoms with Crippen LogP contribution in [0.1, 0.15) is 71.2 Å². The number of aromatic hydroxyl groups is 2. The second-order valence-corrected chi connectivity index (χ2v) is 11.5. The van der Waals surface area contributed by atoms with E-state index < -0.39 is 5.60 Å². The first-order valence-corrected chi connectivity index (χ1v) is 12.5. The number of phenols is 2. The average Bonchev–Trinajstić information content (AvgIpc) is 3.45. The molecule has 2 aliphatic heterocycles. The lowest BCUT2D eigenvalue weighted by Crippen LogP contribution is -2.38. The molecular formula is C28H38N2O6. The summed E-state index contributed by atoms with van der Waals surface area (Å²) in [5.74, 6) is -0.322. The molecule has 0 saturated carbocycles. The molecule has 8 heteroatoms. The predicted molar refractivity (Wildman–Crippen MR) is 139 cm³/mol. The smallest absolute Gasteiger partial charge is 0.262 e. The molecule has 2 heterocycles. The number of anilines is 3. The minimum atomic E-state index is -0.520. The number of amides is 1. The van der Waals surface area contributed by atoms with Crippen LogP contribution in [-0.2, 0) is 14.2 Å². The van der Waals surface area contributed by atoms with Crippen LogP contribution in [0.3, 0.4) is 0 Å². The highest BCUT2D eigenvalue weighted by molar-refractivity contribution is 6.14. The van der Waals surface area contributed by atoms with Gasteiger partial charge in [0.05, 0.1) is 52.1 Å². The van der Waals surface area contributed by atoms with Gasteiger partial charge >= 0.3 is 0 Å². The number of rotatable bonds is 9. The molecule has 0 aliphatic carbocycles. The van der Waals surface area contributed by atoms with E-state index in [9.17, 15) is 15.0 Å².